The van der Waals surface area contributed by atoms with Gasteiger partial charge in [0.15, 0.2) is 11.5 Å². The van der Waals surface area contributed by atoms with Gasteiger partial charge in [0, 0.05) is 25.3 Å². The summed E-state index contributed by atoms with van der Waals surface area (Å²) in [7, 11) is 3.18. The third kappa shape index (κ3) is 6.02. The third-order valence-corrected chi connectivity index (χ3v) is 5.44. The highest BCUT2D eigenvalue weighted by Gasteiger charge is 2.12. The van der Waals surface area contributed by atoms with Crippen LogP contribution < -0.4 is 19.7 Å². The lowest BCUT2D eigenvalue weighted by atomic mass is 10.1. The third-order valence-electron chi connectivity index (χ3n) is 5.44. The monoisotopic (exact) mass is 419 g/mol. The number of carbonyl (C=O) groups is 1. The van der Waals surface area contributed by atoms with Crippen molar-refractivity contribution in [2.24, 2.45) is 0 Å². The van der Waals surface area contributed by atoms with E-state index in [0.717, 1.165) is 24.2 Å². The number of methoxy groups -OCH3 is 2. The number of amides is 1. The van der Waals surface area contributed by atoms with E-state index in [0.29, 0.717) is 24.5 Å². The molecule has 1 aliphatic heterocycles. The van der Waals surface area contributed by atoms with Gasteiger partial charge in [-0.3, -0.25) is 4.79 Å². The molecular formula is C25H29N3O3. The number of anilines is 1. The Labute approximate surface area is 184 Å². The van der Waals surface area contributed by atoms with Crippen LogP contribution in [0.3, 0.4) is 0 Å². The van der Waals surface area contributed by atoms with Gasteiger partial charge in [0.1, 0.15) is 11.6 Å². The second-order valence-electron chi connectivity index (χ2n) is 7.50. The summed E-state index contributed by atoms with van der Waals surface area (Å²) >= 11 is 0. The maximum absolute atomic E-state index is 12.5. The van der Waals surface area contributed by atoms with E-state index in [9.17, 15) is 10.1 Å². The van der Waals surface area contributed by atoms with Crippen LogP contribution >= 0.6 is 0 Å². The van der Waals surface area contributed by atoms with Crippen molar-refractivity contribution in [1.82, 2.24) is 5.32 Å². The molecule has 1 saturated heterocycles. The summed E-state index contributed by atoms with van der Waals surface area (Å²) in [5, 5.41) is 12.3. The summed E-state index contributed by atoms with van der Waals surface area (Å²) in [6, 6.07) is 15.7. The van der Waals surface area contributed by atoms with Gasteiger partial charge in [-0.25, -0.2) is 0 Å². The van der Waals surface area contributed by atoms with Crippen molar-refractivity contribution in [1.29, 1.82) is 5.26 Å². The molecular weight excluding hydrogens is 390 g/mol. The predicted octanol–water partition coefficient (Wildman–Crippen LogP) is 3.96. The van der Waals surface area contributed by atoms with Crippen molar-refractivity contribution >= 4 is 17.7 Å². The number of carbonyl (C=O) groups excluding carboxylic acids is 1. The number of hydrogen-bond donors (Lipinski definition) is 1. The van der Waals surface area contributed by atoms with Crippen LogP contribution in [-0.2, 0) is 11.2 Å². The van der Waals surface area contributed by atoms with Gasteiger partial charge in [0.2, 0.25) is 0 Å². The van der Waals surface area contributed by atoms with E-state index in [2.05, 4.69) is 22.3 Å². The molecule has 6 heteroatoms. The van der Waals surface area contributed by atoms with Gasteiger partial charge in [-0.2, -0.15) is 5.26 Å². The molecule has 0 aromatic heterocycles. The first-order valence-corrected chi connectivity index (χ1v) is 10.6. The van der Waals surface area contributed by atoms with Gasteiger partial charge in [0.05, 0.1) is 14.2 Å². The van der Waals surface area contributed by atoms with Crippen LogP contribution in [-0.4, -0.2) is 39.8 Å². The fraction of sp³-hybridized carbons (Fsp3) is 0.360. The highest BCUT2D eigenvalue weighted by molar-refractivity contribution is 6.01. The maximum Gasteiger partial charge on any atom is 0.261 e. The number of nitriles is 1. The molecule has 1 heterocycles. The Hall–Kier alpha value is -3.46. The molecule has 0 bridgehead atoms. The molecule has 1 aliphatic rings. The van der Waals surface area contributed by atoms with Crippen LogP contribution in [0.1, 0.15) is 30.4 Å². The Morgan fingerprint density at radius 3 is 2.42 bits per heavy atom. The van der Waals surface area contributed by atoms with E-state index in [1.807, 2.05) is 36.4 Å². The topological polar surface area (TPSA) is 74.6 Å². The van der Waals surface area contributed by atoms with Gasteiger partial charge in [-0.15, -0.1) is 0 Å². The van der Waals surface area contributed by atoms with Crippen molar-refractivity contribution in [3.8, 4) is 17.6 Å². The number of piperidine rings is 1. The van der Waals surface area contributed by atoms with Crippen molar-refractivity contribution in [2.75, 3.05) is 38.8 Å². The number of hydrogen-bond acceptors (Lipinski definition) is 5. The first-order valence-electron chi connectivity index (χ1n) is 10.6. The Morgan fingerprint density at radius 1 is 1.06 bits per heavy atom. The van der Waals surface area contributed by atoms with E-state index in [1.165, 1.54) is 24.9 Å². The van der Waals surface area contributed by atoms with Crippen LogP contribution in [0.2, 0.25) is 0 Å². The number of ether oxygens (including phenoxy) is 2. The number of nitrogens with zero attached hydrogens (tertiary/aromatic N) is 2. The quantitative estimate of drug-likeness (QED) is 0.518. The van der Waals surface area contributed by atoms with Crippen LogP contribution in [0.25, 0.3) is 6.08 Å². The Kier molecular flexibility index (Phi) is 7.94. The smallest absolute Gasteiger partial charge is 0.261 e. The van der Waals surface area contributed by atoms with Gasteiger partial charge in [-0.1, -0.05) is 18.2 Å². The van der Waals surface area contributed by atoms with Gasteiger partial charge in [-0.05, 0) is 67.2 Å². The average Bonchev–Trinajstić information content (AvgIpc) is 2.83. The lowest BCUT2D eigenvalue weighted by molar-refractivity contribution is -0.117. The van der Waals surface area contributed by atoms with Crippen LogP contribution in [0.15, 0.2) is 48.0 Å². The minimum absolute atomic E-state index is 0.0954. The van der Waals surface area contributed by atoms with Crippen LogP contribution in [0, 0.1) is 11.3 Å². The van der Waals surface area contributed by atoms with Crippen molar-refractivity contribution < 1.29 is 14.3 Å². The zero-order valence-electron chi connectivity index (χ0n) is 18.2. The Morgan fingerprint density at radius 2 is 1.77 bits per heavy atom. The van der Waals surface area contributed by atoms with Gasteiger partial charge < -0.3 is 19.7 Å². The molecule has 2 aromatic carbocycles. The fourth-order valence-electron chi connectivity index (χ4n) is 3.70. The van der Waals surface area contributed by atoms with Crippen molar-refractivity contribution in [3.63, 3.8) is 0 Å². The van der Waals surface area contributed by atoms with E-state index >= 15 is 0 Å². The van der Waals surface area contributed by atoms with Crippen LogP contribution in [0.4, 0.5) is 5.69 Å². The highest BCUT2D eigenvalue weighted by Crippen LogP contribution is 2.27. The summed E-state index contributed by atoms with van der Waals surface area (Å²) in [6.07, 6.45) is 6.00. The molecule has 0 saturated carbocycles. The second-order valence-corrected chi connectivity index (χ2v) is 7.50. The standard InChI is InChI=1S/C25H29N3O3/c1-30-23-11-8-20(17-24(23)31-2)12-13-27-25(29)21(18-26)16-19-6-9-22(10-7-19)28-14-4-3-5-15-28/h6-11,16-17H,3-5,12-15H2,1-2H3,(H,27,29)/b21-16+. The minimum Gasteiger partial charge on any atom is -0.493 e. The molecule has 0 spiro atoms. The molecule has 1 N–H and O–H groups in total. The maximum atomic E-state index is 12.5. The lowest BCUT2D eigenvalue weighted by Gasteiger charge is -2.28. The summed E-state index contributed by atoms with van der Waals surface area (Å²) in [5.74, 6) is 0.941. The van der Waals surface area contributed by atoms with Crippen molar-refractivity contribution in [3.05, 3.63) is 59.2 Å². The van der Waals surface area contributed by atoms with E-state index in [4.69, 9.17) is 9.47 Å². The normalized spacial score (nSPS) is 14.0. The summed E-state index contributed by atoms with van der Waals surface area (Å²) < 4.78 is 10.5. The van der Waals surface area contributed by atoms with E-state index < -0.39 is 0 Å². The highest BCUT2D eigenvalue weighted by atomic mass is 16.5. The van der Waals surface area contributed by atoms with E-state index in [-0.39, 0.29) is 11.5 Å². The molecule has 2 aromatic rings. The molecule has 0 radical (unpaired) electrons. The number of benzene rings is 2. The largest absolute Gasteiger partial charge is 0.493 e. The van der Waals surface area contributed by atoms with Crippen molar-refractivity contribution in [2.45, 2.75) is 25.7 Å². The zero-order valence-corrected chi connectivity index (χ0v) is 18.2. The summed E-state index contributed by atoms with van der Waals surface area (Å²) in [6.45, 7) is 2.59. The average molecular weight is 420 g/mol. The first kappa shape index (κ1) is 22.2. The molecule has 0 unspecified atom stereocenters. The minimum atomic E-state index is -0.372. The molecule has 1 amide bonds. The molecule has 0 atom stereocenters. The Balaban J connectivity index is 1.57. The van der Waals surface area contributed by atoms with E-state index in [1.54, 1.807) is 20.3 Å². The molecule has 1 fully saturated rings. The predicted molar refractivity (Wildman–Crippen MR) is 122 cm³/mol. The molecule has 6 nitrogen and oxygen atoms in total. The van der Waals surface area contributed by atoms with Gasteiger partial charge in [0.25, 0.3) is 5.91 Å². The fourth-order valence-corrected chi connectivity index (χ4v) is 3.70. The zero-order chi connectivity index (χ0) is 22.1. The molecule has 31 heavy (non-hydrogen) atoms. The molecule has 3 rings (SSSR count). The summed E-state index contributed by atoms with van der Waals surface area (Å²) in [5.41, 5.74) is 3.13. The number of nitrogens with one attached hydrogen (secondary N) is 1. The first-order chi connectivity index (χ1) is 15.1. The lowest BCUT2D eigenvalue weighted by Crippen LogP contribution is -2.29. The van der Waals surface area contributed by atoms with Crippen LogP contribution in [0.5, 0.6) is 11.5 Å². The Bertz CT molecular complexity index is 955. The SMILES string of the molecule is COc1ccc(CCNC(=O)/C(C#N)=C/c2ccc(N3CCCCC3)cc2)cc1OC. The molecule has 0 aliphatic carbocycles. The van der Waals surface area contributed by atoms with Gasteiger partial charge >= 0.3 is 0 Å². The molecule has 162 valence electrons. The summed E-state index contributed by atoms with van der Waals surface area (Å²) in [4.78, 5) is 14.8. The second kappa shape index (κ2) is 11.1. The number of rotatable bonds is 8.